The summed E-state index contributed by atoms with van der Waals surface area (Å²) in [6.07, 6.45) is 1.31. The van der Waals surface area contributed by atoms with E-state index in [1.807, 2.05) is 24.3 Å². The summed E-state index contributed by atoms with van der Waals surface area (Å²) in [5, 5.41) is 12.7. The molecule has 0 radical (unpaired) electrons. The average molecular weight is 245 g/mol. The van der Waals surface area contributed by atoms with Gasteiger partial charge in [-0.05, 0) is 11.5 Å². The summed E-state index contributed by atoms with van der Waals surface area (Å²) in [4.78, 5) is 10.7. The third-order valence-electron chi connectivity index (χ3n) is 2.84. The van der Waals surface area contributed by atoms with Crippen LogP contribution in [0.3, 0.4) is 0 Å². The van der Waals surface area contributed by atoms with Gasteiger partial charge in [-0.25, -0.2) is 0 Å². The van der Waals surface area contributed by atoms with Gasteiger partial charge < -0.3 is 9.63 Å². The van der Waals surface area contributed by atoms with E-state index in [1.54, 1.807) is 0 Å². The Labute approximate surface area is 105 Å². The second-order valence-electron chi connectivity index (χ2n) is 4.54. The number of nitrogens with zero attached hydrogens (tertiary/aromatic N) is 1. The minimum atomic E-state index is -0.891. The molecule has 0 unspecified atom stereocenters. The van der Waals surface area contributed by atoms with Gasteiger partial charge >= 0.3 is 5.97 Å². The highest BCUT2D eigenvalue weighted by atomic mass is 16.5. The van der Waals surface area contributed by atoms with Crippen molar-refractivity contribution >= 4 is 5.97 Å². The van der Waals surface area contributed by atoms with Gasteiger partial charge in [0.25, 0.3) is 0 Å². The number of aromatic nitrogens is 1. The minimum absolute atomic E-state index is 0.0786. The molecule has 0 aliphatic carbocycles. The molecule has 94 valence electrons. The topological polar surface area (TPSA) is 63.3 Å². The zero-order chi connectivity index (χ0) is 13.1. The van der Waals surface area contributed by atoms with Crippen LogP contribution in [0, 0.1) is 0 Å². The molecule has 18 heavy (non-hydrogen) atoms. The molecule has 4 heteroatoms. The molecule has 0 aliphatic heterocycles. The van der Waals surface area contributed by atoms with Crippen LogP contribution < -0.4 is 0 Å². The Hall–Kier alpha value is -2.10. The molecule has 1 N–H and O–H groups in total. The smallest absolute Gasteiger partial charge is 0.308 e. The Morgan fingerprint density at radius 2 is 2.00 bits per heavy atom. The van der Waals surface area contributed by atoms with Crippen molar-refractivity contribution in [2.75, 3.05) is 0 Å². The van der Waals surface area contributed by atoms with Crippen LogP contribution in [0.5, 0.6) is 0 Å². The van der Waals surface area contributed by atoms with E-state index in [0.29, 0.717) is 17.2 Å². The summed E-state index contributed by atoms with van der Waals surface area (Å²) in [5.74, 6) is -0.423. The van der Waals surface area contributed by atoms with Crippen LogP contribution in [0.4, 0.5) is 0 Å². The van der Waals surface area contributed by atoms with E-state index in [2.05, 4.69) is 19.0 Å². The van der Waals surface area contributed by atoms with Gasteiger partial charge in [0, 0.05) is 11.1 Å². The number of hydrogen-bond acceptors (Lipinski definition) is 3. The van der Waals surface area contributed by atoms with Gasteiger partial charge in [-0.3, -0.25) is 4.79 Å². The van der Waals surface area contributed by atoms with Gasteiger partial charge in [-0.1, -0.05) is 43.3 Å². The average Bonchev–Trinajstić information content (AvgIpc) is 2.76. The molecular weight excluding hydrogens is 230 g/mol. The predicted octanol–water partition coefficient (Wildman–Crippen LogP) is 3.09. The fourth-order valence-corrected chi connectivity index (χ4v) is 1.81. The predicted molar refractivity (Wildman–Crippen MR) is 67.4 cm³/mol. The van der Waals surface area contributed by atoms with Crippen molar-refractivity contribution < 1.29 is 14.4 Å². The van der Waals surface area contributed by atoms with Crippen LogP contribution in [0.25, 0.3) is 11.3 Å². The summed E-state index contributed by atoms with van der Waals surface area (Å²) in [5.41, 5.74) is 3.32. The Bertz CT molecular complexity index is 540. The fraction of sp³-hybridized carbons (Fsp3) is 0.286. The van der Waals surface area contributed by atoms with Crippen molar-refractivity contribution in [3.8, 4) is 11.3 Å². The molecule has 0 saturated heterocycles. The molecule has 2 rings (SSSR count). The Balaban J connectivity index is 2.31. The molecule has 0 aliphatic rings. The van der Waals surface area contributed by atoms with Crippen molar-refractivity contribution in [1.29, 1.82) is 0 Å². The number of rotatable bonds is 4. The molecule has 0 spiro atoms. The van der Waals surface area contributed by atoms with Crippen LogP contribution in [0.1, 0.15) is 30.9 Å². The molecule has 2 aromatic rings. The molecule has 0 amide bonds. The standard InChI is InChI=1S/C14H15NO3/c1-9(2)10-3-5-11(6-4-10)14-12(7-13(16)17)8-18-15-14/h3-6,8-9H,7H2,1-2H3,(H,16,17). The molecule has 1 heterocycles. The third-order valence-corrected chi connectivity index (χ3v) is 2.84. The Kier molecular flexibility index (Phi) is 3.46. The van der Waals surface area contributed by atoms with E-state index in [9.17, 15) is 4.79 Å². The van der Waals surface area contributed by atoms with Crippen molar-refractivity contribution in [3.05, 3.63) is 41.7 Å². The molecule has 0 bridgehead atoms. The lowest BCUT2D eigenvalue weighted by molar-refractivity contribution is -0.136. The van der Waals surface area contributed by atoms with Crippen molar-refractivity contribution in [2.24, 2.45) is 0 Å². The second-order valence-corrected chi connectivity index (χ2v) is 4.54. The zero-order valence-corrected chi connectivity index (χ0v) is 10.4. The molecule has 0 fully saturated rings. The van der Waals surface area contributed by atoms with Crippen molar-refractivity contribution in [2.45, 2.75) is 26.2 Å². The zero-order valence-electron chi connectivity index (χ0n) is 10.4. The van der Waals surface area contributed by atoms with E-state index < -0.39 is 5.97 Å². The van der Waals surface area contributed by atoms with Gasteiger partial charge in [0.05, 0.1) is 6.42 Å². The van der Waals surface area contributed by atoms with Crippen LogP contribution in [0.2, 0.25) is 0 Å². The maximum Gasteiger partial charge on any atom is 0.308 e. The summed E-state index contributed by atoms with van der Waals surface area (Å²) in [7, 11) is 0. The van der Waals surface area contributed by atoms with Gasteiger partial charge in [-0.2, -0.15) is 0 Å². The molecular formula is C14H15NO3. The Morgan fingerprint density at radius 1 is 1.33 bits per heavy atom. The number of aliphatic carboxylic acids is 1. The number of benzene rings is 1. The highest BCUT2D eigenvalue weighted by molar-refractivity contribution is 5.74. The lowest BCUT2D eigenvalue weighted by Gasteiger charge is -2.06. The fourth-order valence-electron chi connectivity index (χ4n) is 1.81. The third kappa shape index (κ3) is 2.59. The highest BCUT2D eigenvalue weighted by Gasteiger charge is 2.13. The van der Waals surface area contributed by atoms with E-state index in [0.717, 1.165) is 5.56 Å². The first-order valence-corrected chi connectivity index (χ1v) is 5.83. The monoisotopic (exact) mass is 245 g/mol. The van der Waals surface area contributed by atoms with Gasteiger partial charge in [0.1, 0.15) is 12.0 Å². The normalized spacial score (nSPS) is 10.8. The lowest BCUT2D eigenvalue weighted by atomic mass is 9.99. The highest BCUT2D eigenvalue weighted by Crippen LogP contribution is 2.24. The molecule has 0 atom stereocenters. The lowest BCUT2D eigenvalue weighted by Crippen LogP contribution is -2.00. The van der Waals surface area contributed by atoms with Crippen LogP contribution in [-0.4, -0.2) is 16.2 Å². The first-order valence-electron chi connectivity index (χ1n) is 5.83. The summed E-state index contributed by atoms with van der Waals surface area (Å²) < 4.78 is 4.87. The van der Waals surface area contributed by atoms with E-state index in [1.165, 1.54) is 11.8 Å². The number of carboxylic acids is 1. The van der Waals surface area contributed by atoms with E-state index >= 15 is 0 Å². The van der Waals surface area contributed by atoms with E-state index in [4.69, 9.17) is 9.63 Å². The molecule has 1 aromatic carbocycles. The molecule has 4 nitrogen and oxygen atoms in total. The summed E-state index contributed by atoms with van der Waals surface area (Å²) in [6.45, 7) is 4.25. The first kappa shape index (κ1) is 12.4. The van der Waals surface area contributed by atoms with Crippen LogP contribution >= 0.6 is 0 Å². The minimum Gasteiger partial charge on any atom is -0.481 e. The maximum atomic E-state index is 10.7. The van der Waals surface area contributed by atoms with Crippen molar-refractivity contribution in [3.63, 3.8) is 0 Å². The molecule has 0 saturated carbocycles. The first-order chi connectivity index (χ1) is 8.58. The van der Waals surface area contributed by atoms with Gasteiger partial charge in [0.2, 0.25) is 0 Å². The van der Waals surface area contributed by atoms with Crippen molar-refractivity contribution in [1.82, 2.24) is 5.16 Å². The number of hydrogen-bond donors (Lipinski definition) is 1. The van der Waals surface area contributed by atoms with Crippen LogP contribution in [0.15, 0.2) is 35.1 Å². The van der Waals surface area contributed by atoms with Crippen LogP contribution in [-0.2, 0) is 11.2 Å². The number of carboxylic acid groups (broad SMARTS) is 1. The van der Waals surface area contributed by atoms with E-state index in [-0.39, 0.29) is 6.42 Å². The quantitative estimate of drug-likeness (QED) is 0.899. The summed E-state index contributed by atoms with van der Waals surface area (Å²) in [6, 6.07) is 7.94. The SMILES string of the molecule is CC(C)c1ccc(-c2nocc2CC(=O)O)cc1. The maximum absolute atomic E-state index is 10.7. The molecule has 1 aromatic heterocycles. The largest absolute Gasteiger partial charge is 0.481 e. The van der Waals surface area contributed by atoms with Gasteiger partial charge in [-0.15, -0.1) is 0 Å². The summed E-state index contributed by atoms with van der Waals surface area (Å²) >= 11 is 0. The van der Waals surface area contributed by atoms with Gasteiger partial charge in [0.15, 0.2) is 0 Å². The second kappa shape index (κ2) is 5.04. The Morgan fingerprint density at radius 3 is 2.56 bits per heavy atom. The number of carbonyl (C=O) groups is 1.